The Morgan fingerprint density at radius 2 is 1.76 bits per heavy atom. The standard InChI is InChI=1S/C17H15NO3/c1-12-17(20)18(14-9-5-6-10-16(14)21-12)11-15(19)13-7-3-2-4-8-13/h2-10,12H,11H2,1H3/t12-/m0/s1. The van der Waals surface area contributed by atoms with Crippen molar-refractivity contribution >= 4 is 17.4 Å². The SMILES string of the molecule is C[C@@H]1Oc2ccccc2N(CC(=O)c2ccccc2)C1=O. The first-order valence-electron chi connectivity index (χ1n) is 6.82. The van der Waals surface area contributed by atoms with Crippen molar-refractivity contribution in [3.8, 4) is 5.75 Å². The molecule has 0 fully saturated rings. The number of fused-ring (bicyclic) bond motifs is 1. The first kappa shape index (κ1) is 13.4. The van der Waals surface area contributed by atoms with Crippen molar-refractivity contribution in [2.45, 2.75) is 13.0 Å². The number of rotatable bonds is 3. The molecule has 2 aromatic rings. The maximum atomic E-state index is 12.3. The van der Waals surface area contributed by atoms with Crippen molar-refractivity contribution in [1.82, 2.24) is 0 Å². The average Bonchev–Trinajstić information content (AvgIpc) is 2.52. The van der Waals surface area contributed by atoms with Crippen LogP contribution in [0.25, 0.3) is 0 Å². The lowest BCUT2D eigenvalue weighted by Crippen LogP contribution is -2.46. The Morgan fingerprint density at radius 1 is 1.10 bits per heavy atom. The van der Waals surface area contributed by atoms with Crippen LogP contribution in [0.15, 0.2) is 54.6 Å². The Bertz CT molecular complexity index is 681. The van der Waals surface area contributed by atoms with Crippen LogP contribution in [0, 0.1) is 0 Å². The van der Waals surface area contributed by atoms with E-state index in [4.69, 9.17) is 4.74 Å². The molecule has 1 aliphatic heterocycles. The molecule has 0 spiro atoms. The Kier molecular flexibility index (Phi) is 3.44. The van der Waals surface area contributed by atoms with Crippen LogP contribution in [-0.2, 0) is 4.79 Å². The summed E-state index contributed by atoms with van der Waals surface area (Å²) in [4.78, 5) is 26.1. The van der Waals surface area contributed by atoms with Gasteiger partial charge in [0.1, 0.15) is 5.75 Å². The van der Waals surface area contributed by atoms with Gasteiger partial charge in [0.2, 0.25) is 0 Å². The molecule has 0 aromatic heterocycles. The molecule has 0 saturated carbocycles. The molecule has 0 unspecified atom stereocenters. The minimum Gasteiger partial charge on any atom is -0.479 e. The second kappa shape index (κ2) is 5.40. The summed E-state index contributed by atoms with van der Waals surface area (Å²) in [5.41, 5.74) is 1.24. The highest BCUT2D eigenvalue weighted by molar-refractivity contribution is 6.08. The van der Waals surface area contributed by atoms with Gasteiger partial charge in [-0.1, -0.05) is 42.5 Å². The third kappa shape index (κ3) is 2.52. The summed E-state index contributed by atoms with van der Waals surface area (Å²) in [6, 6.07) is 16.2. The largest absolute Gasteiger partial charge is 0.479 e. The summed E-state index contributed by atoms with van der Waals surface area (Å²) < 4.78 is 5.56. The van der Waals surface area contributed by atoms with E-state index >= 15 is 0 Å². The first-order chi connectivity index (χ1) is 10.2. The van der Waals surface area contributed by atoms with Gasteiger partial charge in [0.25, 0.3) is 5.91 Å². The van der Waals surface area contributed by atoms with Gasteiger partial charge in [-0.2, -0.15) is 0 Å². The zero-order chi connectivity index (χ0) is 14.8. The molecule has 0 radical (unpaired) electrons. The Hall–Kier alpha value is -2.62. The van der Waals surface area contributed by atoms with E-state index in [1.807, 2.05) is 30.3 Å². The third-order valence-electron chi connectivity index (χ3n) is 3.47. The van der Waals surface area contributed by atoms with Crippen molar-refractivity contribution in [3.63, 3.8) is 0 Å². The summed E-state index contributed by atoms with van der Waals surface area (Å²) >= 11 is 0. The molecule has 2 aromatic carbocycles. The van der Waals surface area contributed by atoms with Gasteiger partial charge >= 0.3 is 0 Å². The Labute approximate surface area is 123 Å². The molecule has 0 saturated heterocycles. The second-order valence-electron chi connectivity index (χ2n) is 4.94. The predicted molar refractivity (Wildman–Crippen MR) is 79.7 cm³/mol. The van der Waals surface area contributed by atoms with Crippen LogP contribution in [0.4, 0.5) is 5.69 Å². The van der Waals surface area contributed by atoms with Gasteiger partial charge in [-0.05, 0) is 19.1 Å². The van der Waals surface area contributed by atoms with Gasteiger partial charge in [-0.25, -0.2) is 0 Å². The van der Waals surface area contributed by atoms with Crippen LogP contribution in [0.1, 0.15) is 17.3 Å². The number of para-hydroxylation sites is 2. The van der Waals surface area contributed by atoms with E-state index < -0.39 is 6.10 Å². The lowest BCUT2D eigenvalue weighted by Gasteiger charge is -2.32. The minimum atomic E-state index is -0.580. The number of Topliss-reactive ketones (excluding diaryl/α,β-unsaturated/α-hetero) is 1. The smallest absolute Gasteiger partial charge is 0.268 e. The molecule has 1 aliphatic rings. The van der Waals surface area contributed by atoms with E-state index in [-0.39, 0.29) is 18.2 Å². The van der Waals surface area contributed by atoms with E-state index in [1.54, 1.807) is 31.2 Å². The molecule has 0 N–H and O–H groups in total. The van der Waals surface area contributed by atoms with Gasteiger partial charge in [0.05, 0.1) is 12.2 Å². The predicted octanol–water partition coefficient (Wildman–Crippen LogP) is 2.68. The van der Waals surface area contributed by atoms with Gasteiger partial charge in [-0.15, -0.1) is 0 Å². The number of anilines is 1. The fraction of sp³-hybridized carbons (Fsp3) is 0.176. The second-order valence-corrected chi connectivity index (χ2v) is 4.94. The molecule has 0 bridgehead atoms. The normalized spacial score (nSPS) is 17.1. The lowest BCUT2D eigenvalue weighted by atomic mass is 10.1. The molecule has 4 nitrogen and oxygen atoms in total. The number of ether oxygens (including phenoxy) is 1. The fourth-order valence-electron chi connectivity index (χ4n) is 2.38. The van der Waals surface area contributed by atoms with Gasteiger partial charge in [-0.3, -0.25) is 14.5 Å². The van der Waals surface area contributed by atoms with Crippen molar-refractivity contribution in [1.29, 1.82) is 0 Å². The summed E-state index contributed by atoms with van der Waals surface area (Å²) in [6.45, 7) is 1.71. The molecule has 0 aliphatic carbocycles. The van der Waals surface area contributed by atoms with Crippen LogP contribution in [0.5, 0.6) is 5.75 Å². The zero-order valence-corrected chi connectivity index (χ0v) is 11.7. The molecule has 21 heavy (non-hydrogen) atoms. The van der Waals surface area contributed by atoms with E-state index in [0.29, 0.717) is 17.0 Å². The topological polar surface area (TPSA) is 46.6 Å². The van der Waals surface area contributed by atoms with Gasteiger partial charge in [0.15, 0.2) is 11.9 Å². The fourth-order valence-corrected chi connectivity index (χ4v) is 2.38. The number of ketones is 1. The summed E-state index contributed by atoms with van der Waals surface area (Å²) in [5.74, 6) is 0.344. The van der Waals surface area contributed by atoms with Crippen molar-refractivity contribution < 1.29 is 14.3 Å². The Balaban J connectivity index is 1.91. The number of carbonyl (C=O) groups is 2. The number of amides is 1. The van der Waals surface area contributed by atoms with E-state index in [0.717, 1.165) is 0 Å². The number of hydrogen-bond acceptors (Lipinski definition) is 3. The van der Waals surface area contributed by atoms with Crippen molar-refractivity contribution in [2.75, 3.05) is 11.4 Å². The van der Waals surface area contributed by atoms with E-state index in [2.05, 4.69) is 0 Å². The van der Waals surface area contributed by atoms with Crippen LogP contribution in [0.3, 0.4) is 0 Å². The quantitative estimate of drug-likeness (QED) is 0.813. The number of carbonyl (C=O) groups excluding carboxylic acids is 2. The molecule has 1 atom stereocenters. The Morgan fingerprint density at radius 3 is 2.52 bits per heavy atom. The molecule has 106 valence electrons. The highest BCUT2D eigenvalue weighted by Crippen LogP contribution is 2.33. The van der Waals surface area contributed by atoms with Crippen LogP contribution >= 0.6 is 0 Å². The summed E-state index contributed by atoms with van der Waals surface area (Å²) in [5, 5.41) is 0. The average molecular weight is 281 g/mol. The maximum absolute atomic E-state index is 12.3. The lowest BCUT2D eigenvalue weighted by molar-refractivity contribution is -0.125. The molecule has 4 heteroatoms. The van der Waals surface area contributed by atoms with E-state index in [1.165, 1.54) is 4.90 Å². The summed E-state index contributed by atoms with van der Waals surface area (Å²) in [7, 11) is 0. The molecule has 1 heterocycles. The molecule has 3 rings (SSSR count). The van der Waals surface area contributed by atoms with Gasteiger partial charge in [0, 0.05) is 5.56 Å². The van der Waals surface area contributed by atoms with Crippen molar-refractivity contribution in [2.24, 2.45) is 0 Å². The van der Waals surface area contributed by atoms with E-state index in [9.17, 15) is 9.59 Å². The third-order valence-corrected chi connectivity index (χ3v) is 3.47. The molecular weight excluding hydrogens is 266 g/mol. The van der Waals surface area contributed by atoms with Crippen LogP contribution in [0.2, 0.25) is 0 Å². The van der Waals surface area contributed by atoms with Gasteiger partial charge < -0.3 is 4.74 Å². The first-order valence-corrected chi connectivity index (χ1v) is 6.82. The number of benzene rings is 2. The monoisotopic (exact) mass is 281 g/mol. The van der Waals surface area contributed by atoms with Crippen LogP contribution < -0.4 is 9.64 Å². The molecule has 1 amide bonds. The highest BCUT2D eigenvalue weighted by atomic mass is 16.5. The molecular formula is C17H15NO3. The highest BCUT2D eigenvalue weighted by Gasteiger charge is 2.32. The van der Waals surface area contributed by atoms with Crippen LogP contribution in [-0.4, -0.2) is 24.3 Å². The maximum Gasteiger partial charge on any atom is 0.268 e. The van der Waals surface area contributed by atoms with Crippen molar-refractivity contribution in [3.05, 3.63) is 60.2 Å². The minimum absolute atomic E-state index is 0.0214. The summed E-state index contributed by atoms with van der Waals surface area (Å²) in [6.07, 6.45) is -0.580. The number of hydrogen-bond donors (Lipinski definition) is 0. The number of nitrogens with zero attached hydrogens (tertiary/aromatic N) is 1. The zero-order valence-electron chi connectivity index (χ0n) is 11.7.